The predicted octanol–water partition coefficient (Wildman–Crippen LogP) is 0.725. The van der Waals surface area contributed by atoms with Crippen LogP contribution >= 0.6 is 0 Å². The molecule has 0 rings (SSSR count). The molecule has 0 fully saturated rings. The first-order chi connectivity index (χ1) is 8.94. The van der Waals surface area contributed by atoms with E-state index in [2.05, 4.69) is 4.74 Å². The molecule has 0 aliphatic rings. The van der Waals surface area contributed by atoms with Crippen molar-refractivity contribution in [2.45, 2.75) is 38.3 Å². The van der Waals surface area contributed by atoms with Crippen LogP contribution in [0.25, 0.3) is 0 Å². The van der Waals surface area contributed by atoms with Crippen LogP contribution in [0.15, 0.2) is 0 Å². The van der Waals surface area contributed by atoms with Crippen LogP contribution in [-0.2, 0) is 23.7 Å². The number of carbonyl (C=O) groups is 1. The van der Waals surface area contributed by atoms with E-state index in [0.717, 1.165) is 6.42 Å². The van der Waals surface area contributed by atoms with Crippen LogP contribution in [0, 0.1) is 0 Å². The maximum Gasteiger partial charge on any atom is 0.325 e. The quantitative estimate of drug-likeness (QED) is 0.443. The van der Waals surface area contributed by atoms with Crippen LogP contribution in [-0.4, -0.2) is 58.3 Å². The van der Waals surface area contributed by atoms with Crippen LogP contribution in [0.3, 0.4) is 0 Å². The molecule has 2 unspecified atom stereocenters. The zero-order valence-corrected chi connectivity index (χ0v) is 12.4. The second-order valence-corrected chi connectivity index (χ2v) is 4.75. The number of ether oxygens (including phenoxy) is 4. The van der Waals surface area contributed by atoms with E-state index in [4.69, 9.17) is 19.9 Å². The summed E-state index contributed by atoms with van der Waals surface area (Å²) in [5.41, 5.74) is 4.85. The molecular weight excluding hydrogens is 250 g/mol. The van der Waals surface area contributed by atoms with Gasteiger partial charge in [0.1, 0.15) is 5.54 Å². The molecule has 0 bridgehead atoms. The molecule has 0 aromatic rings. The number of hydrogen-bond donors (Lipinski definition) is 1. The van der Waals surface area contributed by atoms with Gasteiger partial charge in [0, 0.05) is 26.7 Å². The Hall–Kier alpha value is -0.690. The first kappa shape index (κ1) is 18.3. The Labute approximate surface area is 115 Å². The van der Waals surface area contributed by atoms with Gasteiger partial charge in [-0.1, -0.05) is 0 Å². The minimum absolute atomic E-state index is 0.104. The molecule has 19 heavy (non-hydrogen) atoms. The number of methoxy groups -OCH3 is 2. The fraction of sp³-hybridized carbons (Fsp3) is 0.923. The van der Waals surface area contributed by atoms with Gasteiger partial charge in [-0.2, -0.15) is 0 Å². The third kappa shape index (κ3) is 8.93. The average molecular weight is 277 g/mol. The molecule has 0 saturated heterocycles. The van der Waals surface area contributed by atoms with E-state index in [1.807, 2.05) is 6.92 Å². The summed E-state index contributed by atoms with van der Waals surface area (Å²) in [5, 5.41) is 0. The second kappa shape index (κ2) is 10.1. The molecule has 0 saturated carbocycles. The third-order valence-corrected chi connectivity index (χ3v) is 2.63. The SMILES string of the molecule is COCCOCCCOC(C)CC(C)(N)C(=O)OC. The molecule has 6 nitrogen and oxygen atoms in total. The Morgan fingerprint density at radius 3 is 2.47 bits per heavy atom. The Bertz CT molecular complexity index is 245. The molecular formula is C13H27NO5. The van der Waals surface area contributed by atoms with E-state index in [9.17, 15) is 4.79 Å². The average Bonchev–Trinajstić information content (AvgIpc) is 2.36. The highest BCUT2D eigenvalue weighted by atomic mass is 16.5. The number of nitrogens with two attached hydrogens (primary N) is 1. The smallest absolute Gasteiger partial charge is 0.325 e. The molecule has 0 aliphatic carbocycles. The lowest BCUT2D eigenvalue weighted by Crippen LogP contribution is -2.48. The minimum Gasteiger partial charge on any atom is -0.468 e. The lowest BCUT2D eigenvalue weighted by atomic mass is 9.96. The van der Waals surface area contributed by atoms with Crippen LogP contribution in [0.2, 0.25) is 0 Å². The van der Waals surface area contributed by atoms with Crippen molar-refractivity contribution in [3.8, 4) is 0 Å². The van der Waals surface area contributed by atoms with Gasteiger partial charge in [-0.3, -0.25) is 4.79 Å². The van der Waals surface area contributed by atoms with Crippen molar-refractivity contribution in [2.75, 3.05) is 40.6 Å². The number of carbonyl (C=O) groups excluding carboxylic acids is 1. The largest absolute Gasteiger partial charge is 0.468 e. The topological polar surface area (TPSA) is 80.0 Å². The molecule has 0 aromatic heterocycles. The molecule has 2 atom stereocenters. The summed E-state index contributed by atoms with van der Waals surface area (Å²) in [7, 11) is 2.97. The minimum atomic E-state index is -1.01. The molecule has 0 amide bonds. The van der Waals surface area contributed by atoms with Crippen molar-refractivity contribution in [2.24, 2.45) is 5.73 Å². The zero-order valence-electron chi connectivity index (χ0n) is 12.4. The van der Waals surface area contributed by atoms with Crippen molar-refractivity contribution in [3.63, 3.8) is 0 Å². The summed E-state index contributed by atoms with van der Waals surface area (Å²) in [6.45, 7) is 5.93. The van der Waals surface area contributed by atoms with Crippen molar-refractivity contribution >= 4 is 5.97 Å². The first-order valence-electron chi connectivity index (χ1n) is 6.49. The summed E-state index contributed by atoms with van der Waals surface area (Å²) < 4.78 is 20.4. The molecule has 0 heterocycles. The van der Waals surface area contributed by atoms with Crippen molar-refractivity contribution in [3.05, 3.63) is 0 Å². The Morgan fingerprint density at radius 2 is 1.89 bits per heavy atom. The maximum atomic E-state index is 11.4. The first-order valence-corrected chi connectivity index (χ1v) is 6.49. The van der Waals surface area contributed by atoms with Gasteiger partial charge in [0.15, 0.2) is 0 Å². The number of esters is 1. The normalized spacial score (nSPS) is 15.8. The molecule has 0 radical (unpaired) electrons. The summed E-state index contributed by atoms with van der Waals surface area (Å²) >= 11 is 0. The van der Waals surface area contributed by atoms with E-state index >= 15 is 0 Å². The highest BCUT2D eigenvalue weighted by molar-refractivity contribution is 5.79. The van der Waals surface area contributed by atoms with Gasteiger partial charge in [0.2, 0.25) is 0 Å². The van der Waals surface area contributed by atoms with E-state index in [-0.39, 0.29) is 6.10 Å². The van der Waals surface area contributed by atoms with Gasteiger partial charge >= 0.3 is 5.97 Å². The molecule has 2 N–H and O–H groups in total. The van der Waals surface area contributed by atoms with Crippen molar-refractivity contribution < 1.29 is 23.7 Å². The zero-order chi connectivity index (χ0) is 14.7. The van der Waals surface area contributed by atoms with Crippen LogP contribution in [0.4, 0.5) is 0 Å². The van der Waals surface area contributed by atoms with Gasteiger partial charge < -0.3 is 24.7 Å². The Balaban J connectivity index is 3.64. The monoisotopic (exact) mass is 277 g/mol. The van der Waals surface area contributed by atoms with E-state index < -0.39 is 11.5 Å². The highest BCUT2D eigenvalue weighted by Gasteiger charge is 2.31. The van der Waals surface area contributed by atoms with Crippen LogP contribution in [0.1, 0.15) is 26.7 Å². The van der Waals surface area contributed by atoms with Gasteiger partial charge in [0.05, 0.1) is 26.4 Å². The van der Waals surface area contributed by atoms with E-state index in [1.54, 1.807) is 14.0 Å². The molecule has 114 valence electrons. The maximum absolute atomic E-state index is 11.4. The van der Waals surface area contributed by atoms with Crippen LogP contribution < -0.4 is 5.73 Å². The summed E-state index contributed by atoms with van der Waals surface area (Å²) in [6.07, 6.45) is 1.12. The molecule has 0 aromatic carbocycles. The molecule has 0 aliphatic heterocycles. The number of rotatable bonds is 11. The van der Waals surface area contributed by atoms with Crippen LogP contribution in [0.5, 0.6) is 0 Å². The fourth-order valence-corrected chi connectivity index (χ4v) is 1.66. The molecule has 0 spiro atoms. The Kier molecular flexibility index (Phi) is 9.77. The summed E-state index contributed by atoms with van der Waals surface area (Å²) in [4.78, 5) is 11.4. The van der Waals surface area contributed by atoms with Gasteiger partial charge in [-0.25, -0.2) is 0 Å². The van der Waals surface area contributed by atoms with Gasteiger partial charge in [-0.05, 0) is 20.3 Å². The van der Waals surface area contributed by atoms with Gasteiger partial charge in [0.25, 0.3) is 0 Å². The highest BCUT2D eigenvalue weighted by Crippen LogP contribution is 2.13. The standard InChI is InChI=1S/C13H27NO5/c1-11(10-13(2,14)12(15)17-4)19-7-5-6-18-9-8-16-3/h11H,5-10,14H2,1-4H3. The summed E-state index contributed by atoms with van der Waals surface area (Å²) in [6, 6.07) is 0. The molecule has 6 heteroatoms. The second-order valence-electron chi connectivity index (χ2n) is 4.75. The van der Waals surface area contributed by atoms with Gasteiger partial charge in [-0.15, -0.1) is 0 Å². The van der Waals surface area contributed by atoms with E-state index in [0.29, 0.717) is 32.8 Å². The predicted molar refractivity (Wildman–Crippen MR) is 72.0 cm³/mol. The Morgan fingerprint density at radius 1 is 1.21 bits per heavy atom. The lowest BCUT2D eigenvalue weighted by Gasteiger charge is -2.25. The van der Waals surface area contributed by atoms with Crippen molar-refractivity contribution in [1.82, 2.24) is 0 Å². The lowest BCUT2D eigenvalue weighted by molar-refractivity contribution is -0.147. The van der Waals surface area contributed by atoms with E-state index in [1.165, 1.54) is 7.11 Å². The number of hydrogen-bond acceptors (Lipinski definition) is 6. The third-order valence-electron chi connectivity index (χ3n) is 2.63. The summed E-state index contributed by atoms with van der Waals surface area (Å²) in [5.74, 6) is -0.425. The fourth-order valence-electron chi connectivity index (χ4n) is 1.66. The van der Waals surface area contributed by atoms with Crippen molar-refractivity contribution in [1.29, 1.82) is 0 Å².